The molecule has 2 aliphatic rings. The Hall–Kier alpha value is -2.73. The molecule has 0 radical (unpaired) electrons. The summed E-state index contributed by atoms with van der Waals surface area (Å²) in [4.78, 5) is 5.08. The van der Waals surface area contributed by atoms with Gasteiger partial charge in [-0.25, -0.2) is 4.39 Å². The summed E-state index contributed by atoms with van der Waals surface area (Å²) in [5.74, 6) is -0.0952. The van der Waals surface area contributed by atoms with Crippen molar-refractivity contribution in [3.8, 4) is 11.1 Å². The van der Waals surface area contributed by atoms with Crippen LogP contribution in [0.25, 0.3) is 11.1 Å². The largest absolute Gasteiger partial charge is 0.416 e. The summed E-state index contributed by atoms with van der Waals surface area (Å²) >= 11 is 0. The molecule has 6 heteroatoms. The molecular weight excluding hydrogens is 442 g/mol. The molecule has 0 spiro atoms. The van der Waals surface area contributed by atoms with Gasteiger partial charge in [-0.2, -0.15) is 13.2 Å². The molecule has 1 aliphatic heterocycles. The number of aromatic nitrogens is 1. The predicted molar refractivity (Wildman–Crippen MR) is 123 cm³/mol. The van der Waals surface area contributed by atoms with Crippen molar-refractivity contribution in [3.63, 3.8) is 0 Å². The van der Waals surface area contributed by atoms with Gasteiger partial charge >= 0.3 is 6.18 Å². The van der Waals surface area contributed by atoms with Crippen LogP contribution in [0.2, 0.25) is 0 Å². The molecule has 2 aromatic carbocycles. The molecule has 0 amide bonds. The van der Waals surface area contributed by atoms with Crippen molar-refractivity contribution in [1.29, 1.82) is 0 Å². The van der Waals surface area contributed by atoms with Crippen LogP contribution in [0.15, 0.2) is 48.5 Å². The van der Waals surface area contributed by atoms with Gasteiger partial charge in [-0.1, -0.05) is 45.0 Å². The number of ether oxygens (including phenoxy) is 1. The Labute approximate surface area is 197 Å². The van der Waals surface area contributed by atoms with Crippen LogP contribution in [0.5, 0.6) is 0 Å². The number of fused-ring (bicyclic) bond motifs is 2. The highest BCUT2D eigenvalue weighted by Gasteiger charge is 2.41. The Bertz CT molecular complexity index is 1230. The number of benzene rings is 2. The Balaban J connectivity index is 1.74. The molecule has 3 atom stereocenters. The van der Waals surface area contributed by atoms with E-state index in [9.17, 15) is 17.6 Å². The van der Waals surface area contributed by atoms with Crippen molar-refractivity contribution in [3.05, 3.63) is 88.0 Å². The number of nitrogens with zero attached hydrogens (tertiary/aromatic N) is 1. The molecule has 2 nitrogen and oxygen atoms in total. The normalized spacial score (nSPS) is 23.5. The highest BCUT2D eigenvalue weighted by atomic mass is 19.4. The summed E-state index contributed by atoms with van der Waals surface area (Å²) in [5.41, 5.74) is 5.77. The van der Waals surface area contributed by atoms with Gasteiger partial charge in [0, 0.05) is 11.3 Å². The fourth-order valence-electron chi connectivity index (χ4n) is 5.74. The summed E-state index contributed by atoms with van der Waals surface area (Å²) < 4.78 is 59.5. The molecule has 3 unspecified atom stereocenters. The second kappa shape index (κ2) is 7.91. The average Bonchev–Trinajstić information content (AvgIpc) is 3.08. The lowest BCUT2D eigenvalue weighted by Crippen LogP contribution is -2.27. The van der Waals surface area contributed by atoms with Gasteiger partial charge in [-0.15, -0.1) is 0 Å². The summed E-state index contributed by atoms with van der Waals surface area (Å²) in [6, 6.07) is 11.6. The van der Waals surface area contributed by atoms with Crippen LogP contribution in [0, 0.1) is 11.2 Å². The maximum absolute atomic E-state index is 13.8. The maximum atomic E-state index is 13.8. The quantitative estimate of drug-likeness (QED) is 0.353. The van der Waals surface area contributed by atoms with Crippen molar-refractivity contribution < 1.29 is 22.3 Å². The lowest BCUT2D eigenvalue weighted by molar-refractivity contribution is -0.137. The first-order chi connectivity index (χ1) is 15.9. The first kappa shape index (κ1) is 23.0. The van der Waals surface area contributed by atoms with Crippen molar-refractivity contribution in [2.75, 3.05) is 0 Å². The molecule has 3 aromatic rings. The van der Waals surface area contributed by atoms with Gasteiger partial charge in [0.2, 0.25) is 0 Å². The van der Waals surface area contributed by atoms with Gasteiger partial charge in [-0.05, 0) is 77.6 Å². The minimum atomic E-state index is -4.40. The zero-order valence-electron chi connectivity index (χ0n) is 19.6. The van der Waals surface area contributed by atoms with Crippen LogP contribution in [-0.4, -0.2) is 4.98 Å². The molecule has 2 heterocycles. The molecule has 0 N–H and O–H groups in total. The highest BCUT2D eigenvalue weighted by molar-refractivity contribution is 5.76. The number of alkyl halides is 3. The van der Waals surface area contributed by atoms with E-state index in [0.717, 1.165) is 58.6 Å². The number of halogens is 4. The molecule has 34 heavy (non-hydrogen) atoms. The highest BCUT2D eigenvalue weighted by Crippen LogP contribution is 2.53. The van der Waals surface area contributed by atoms with Crippen LogP contribution in [0.4, 0.5) is 17.6 Å². The predicted octanol–water partition coefficient (Wildman–Crippen LogP) is 8.16. The van der Waals surface area contributed by atoms with Crippen LogP contribution in [-0.2, 0) is 17.3 Å². The van der Waals surface area contributed by atoms with E-state index < -0.39 is 17.8 Å². The molecule has 0 fully saturated rings. The van der Waals surface area contributed by atoms with E-state index in [-0.39, 0.29) is 23.3 Å². The molecule has 0 saturated carbocycles. The minimum Gasteiger partial charge on any atom is -0.359 e. The number of hydrogen-bond donors (Lipinski definition) is 0. The van der Waals surface area contributed by atoms with Gasteiger partial charge in [0.25, 0.3) is 0 Å². The van der Waals surface area contributed by atoms with Gasteiger partial charge in [-0.3, -0.25) is 4.98 Å². The molecule has 0 bridgehead atoms. The van der Waals surface area contributed by atoms with E-state index in [1.807, 2.05) is 6.92 Å². The van der Waals surface area contributed by atoms with E-state index in [4.69, 9.17) is 9.72 Å². The molecular formula is C28H27F4NO. The topological polar surface area (TPSA) is 22.1 Å². The molecule has 178 valence electrons. The smallest absolute Gasteiger partial charge is 0.359 e. The van der Waals surface area contributed by atoms with Crippen LogP contribution in [0.1, 0.15) is 85.9 Å². The zero-order chi connectivity index (χ0) is 24.4. The van der Waals surface area contributed by atoms with Gasteiger partial charge in [0.1, 0.15) is 11.9 Å². The lowest BCUT2D eigenvalue weighted by atomic mass is 9.69. The summed E-state index contributed by atoms with van der Waals surface area (Å²) in [6.07, 6.45) is -3.45. The summed E-state index contributed by atoms with van der Waals surface area (Å²) in [5, 5.41) is 0. The van der Waals surface area contributed by atoms with Crippen molar-refractivity contribution in [1.82, 2.24) is 4.98 Å². The Morgan fingerprint density at radius 2 is 1.59 bits per heavy atom. The van der Waals surface area contributed by atoms with Crippen LogP contribution >= 0.6 is 0 Å². The fraction of sp³-hybridized carbons (Fsp3) is 0.393. The Kier molecular flexibility index (Phi) is 5.36. The van der Waals surface area contributed by atoms with Crippen molar-refractivity contribution in [2.24, 2.45) is 5.41 Å². The monoisotopic (exact) mass is 469 g/mol. The van der Waals surface area contributed by atoms with E-state index in [2.05, 4.69) is 20.8 Å². The Morgan fingerprint density at radius 1 is 0.941 bits per heavy atom. The first-order valence-electron chi connectivity index (χ1n) is 11.6. The van der Waals surface area contributed by atoms with Gasteiger partial charge < -0.3 is 4.74 Å². The summed E-state index contributed by atoms with van der Waals surface area (Å²) in [6.45, 7) is 8.59. The van der Waals surface area contributed by atoms with E-state index in [0.29, 0.717) is 5.56 Å². The first-order valence-corrected chi connectivity index (χ1v) is 11.6. The standard InChI is InChI=1S/C28H27F4NO/c1-15-13-27(3,4)14-21-22(15)23(17-7-11-20(29)12-8-17)24-25(33-21)16(2)34-26(24)18-5-9-19(10-6-18)28(30,31)32/h5-12,15-16,26H,13-14H2,1-4H3. The molecule has 0 saturated heterocycles. The fourth-order valence-corrected chi connectivity index (χ4v) is 5.74. The molecule has 1 aromatic heterocycles. The SMILES string of the molecule is CC1CC(C)(C)Cc2nc3c(c(-c4ccc(F)cc4)c21)C(c1ccc(C(F)(F)F)cc1)OC3C. The zero-order valence-corrected chi connectivity index (χ0v) is 19.6. The maximum Gasteiger partial charge on any atom is 0.416 e. The molecule has 1 aliphatic carbocycles. The second-order valence-corrected chi connectivity index (χ2v) is 10.4. The number of pyridine rings is 1. The third-order valence-corrected chi connectivity index (χ3v) is 7.04. The van der Waals surface area contributed by atoms with E-state index >= 15 is 0 Å². The number of rotatable bonds is 2. The van der Waals surface area contributed by atoms with Crippen molar-refractivity contribution in [2.45, 2.75) is 64.8 Å². The lowest BCUT2D eigenvalue weighted by Gasteiger charge is -2.37. The second-order valence-electron chi connectivity index (χ2n) is 10.4. The van der Waals surface area contributed by atoms with Gasteiger partial charge in [0.05, 0.1) is 17.4 Å². The van der Waals surface area contributed by atoms with Crippen LogP contribution < -0.4 is 0 Å². The van der Waals surface area contributed by atoms with Gasteiger partial charge in [0.15, 0.2) is 0 Å². The third-order valence-electron chi connectivity index (χ3n) is 7.04. The van der Waals surface area contributed by atoms with Crippen molar-refractivity contribution >= 4 is 0 Å². The molecule has 5 rings (SSSR count). The van der Waals surface area contributed by atoms with E-state index in [1.165, 1.54) is 24.3 Å². The number of hydrogen-bond acceptors (Lipinski definition) is 2. The van der Waals surface area contributed by atoms with E-state index in [1.54, 1.807) is 12.1 Å². The average molecular weight is 470 g/mol. The van der Waals surface area contributed by atoms with Crippen LogP contribution in [0.3, 0.4) is 0 Å². The minimum absolute atomic E-state index is 0.100. The Morgan fingerprint density at radius 3 is 2.21 bits per heavy atom. The summed E-state index contributed by atoms with van der Waals surface area (Å²) in [7, 11) is 0. The third kappa shape index (κ3) is 3.92.